The molecule has 1 atom stereocenters. The molecule has 5 rings (SSSR count). The molecule has 0 amide bonds. The molecule has 3 aliphatic rings. The molecule has 2 saturated carbocycles. The van der Waals surface area contributed by atoms with Gasteiger partial charge in [-0.1, -0.05) is 6.42 Å². The highest BCUT2D eigenvalue weighted by atomic mass is 16.5. The zero-order valence-corrected chi connectivity index (χ0v) is 18.2. The Labute approximate surface area is 182 Å². The highest BCUT2D eigenvalue weighted by Crippen LogP contribution is 2.56. The Bertz CT molecular complexity index is 930. The van der Waals surface area contributed by atoms with E-state index in [1.165, 1.54) is 25.5 Å². The van der Waals surface area contributed by atoms with Crippen LogP contribution in [0.1, 0.15) is 63.0 Å². The summed E-state index contributed by atoms with van der Waals surface area (Å²) in [6, 6.07) is 4.03. The molecule has 4 N–H and O–H groups in total. The number of morpholine rings is 1. The van der Waals surface area contributed by atoms with Gasteiger partial charge in [0.2, 0.25) is 0 Å². The monoisotopic (exact) mass is 424 g/mol. The molecule has 3 heterocycles. The Morgan fingerprint density at radius 1 is 1.29 bits per heavy atom. The van der Waals surface area contributed by atoms with Crippen LogP contribution >= 0.6 is 0 Å². The summed E-state index contributed by atoms with van der Waals surface area (Å²) in [5.41, 5.74) is 0.960. The summed E-state index contributed by atoms with van der Waals surface area (Å²) in [5, 5.41) is 30.2. The third-order valence-corrected chi connectivity index (χ3v) is 7.66. The first-order valence-electron chi connectivity index (χ1n) is 11.4. The number of aliphatic hydroxyl groups is 1. The van der Waals surface area contributed by atoms with Crippen LogP contribution in [0.5, 0.6) is 0 Å². The van der Waals surface area contributed by atoms with E-state index in [9.17, 15) is 5.11 Å². The minimum Gasteiger partial charge on any atom is -0.385 e. The van der Waals surface area contributed by atoms with Gasteiger partial charge in [0.25, 0.3) is 0 Å². The molecule has 0 aromatic carbocycles. The van der Waals surface area contributed by atoms with E-state index in [1.54, 1.807) is 6.20 Å². The van der Waals surface area contributed by atoms with Crippen LogP contribution in [-0.2, 0) is 10.3 Å². The summed E-state index contributed by atoms with van der Waals surface area (Å²) < 4.78 is 5.62. The molecule has 2 aromatic rings. The number of hydrogen-bond acceptors (Lipinski definition) is 7. The molecule has 0 bridgehead atoms. The second-order valence-electron chi connectivity index (χ2n) is 9.53. The minimum absolute atomic E-state index is 0.194. The molecule has 1 spiro atoms. The zero-order chi connectivity index (χ0) is 21.5. The lowest BCUT2D eigenvalue weighted by molar-refractivity contribution is -0.0629. The van der Waals surface area contributed by atoms with Crippen molar-refractivity contribution in [1.29, 1.82) is 5.41 Å². The number of ether oxygens (including phenoxy) is 1. The van der Waals surface area contributed by atoms with Crippen molar-refractivity contribution in [3.05, 3.63) is 29.5 Å². The molecule has 1 aliphatic heterocycles. The van der Waals surface area contributed by atoms with Crippen molar-refractivity contribution in [2.75, 3.05) is 30.0 Å². The fourth-order valence-electron chi connectivity index (χ4n) is 5.48. The summed E-state index contributed by atoms with van der Waals surface area (Å²) in [4.78, 5) is 7.12. The van der Waals surface area contributed by atoms with E-state index in [1.807, 2.05) is 12.1 Å². The number of nitrogens with one attached hydrogen (secondary N) is 3. The van der Waals surface area contributed by atoms with Crippen molar-refractivity contribution in [3.63, 3.8) is 0 Å². The first kappa shape index (κ1) is 20.5. The van der Waals surface area contributed by atoms with Crippen molar-refractivity contribution < 1.29 is 9.84 Å². The lowest BCUT2D eigenvalue weighted by atomic mass is 9.57. The van der Waals surface area contributed by atoms with Crippen LogP contribution in [0.4, 0.5) is 17.5 Å². The molecule has 0 radical (unpaired) electrons. The van der Waals surface area contributed by atoms with Gasteiger partial charge in [0.1, 0.15) is 17.5 Å². The molecule has 8 nitrogen and oxygen atoms in total. The number of anilines is 3. The van der Waals surface area contributed by atoms with Crippen LogP contribution in [-0.4, -0.2) is 52.3 Å². The zero-order valence-electron chi connectivity index (χ0n) is 18.2. The van der Waals surface area contributed by atoms with Crippen LogP contribution in [0.3, 0.4) is 0 Å². The largest absolute Gasteiger partial charge is 0.385 e. The van der Waals surface area contributed by atoms with E-state index in [0.29, 0.717) is 35.8 Å². The number of pyridine rings is 1. The average Bonchev–Trinajstić information content (AvgIpc) is 3.26. The Kier molecular flexibility index (Phi) is 5.22. The van der Waals surface area contributed by atoms with Crippen LogP contribution < -0.4 is 10.2 Å². The van der Waals surface area contributed by atoms with E-state index in [2.05, 4.69) is 27.3 Å². The Balaban J connectivity index is 1.56. The van der Waals surface area contributed by atoms with Gasteiger partial charge in [0.15, 0.2) is 0 Å². The standard InChI is InChI=1S/C23H32N6O2/c1-16-15-31-12-11-29(16)20-13-18(23(30)8-6-22(7-9-23)4-2-5-22)17(14-24)21(27-20)26-19-3-10-25-28-19/h3,10,13-14,16,24,30H,2,4-9,11-12,15H2,1H3,(H2,25,26,27,28). The lowest BCUT2D eigenvalue weighted by Gasteiger charge is -2.50. The highest BCUT2D eigenvalue weighted by Gasteiger charge is 2.46. The normalized spacial score (nSPS) is 24.6. The van der Waals surface area contributed by atoms with Crippen molar-refractivity contribution >= 4 is 23.7 Å². The quantitative estimate of drug-likeness (QED) is 0.545. The van der Waals surface area contributed by atoms with Gasteiger partial charge in [-0.2, -0.15) is 5.10 Å². The van der Waals surface area contributed by atoms with Crippen LogP contribution in [0, 0.1) is 10.8 Å². The molecule has 1 saturated heterocycles. The van der Waals surface area contributed by atoms with E-state index < -0.39 is 5.60 Å². The van der Waals surface area contributed by atoms with E-state index >= 15 is 0 Å². The lowest BCUT2D eigenvalue weighted by Crippen LogP contribution is -2.45. The number of nitrogens with zero attached hydrogens (tertiary/aromatic N) is 3. The third kappa shape index (κ3) is 3.72. The Morgan fingerprint density at radius 3 is 2.71 bits per heavy atom. The Morgan fingerprint density at radius 2 is 2.10 bits per heavy atom. The topological polar surface area (TPSA) is 110 Å². The van der Waals surface area contributed by atoms with Gasteiger partial charge in [0.05, 0.1) is 31.1 Å². The van der Waals surface area contributed by atoms with Gasteiger partial charge in [-0.25, -0.2) is 4.98 Å². The van der Waals surface area contributed by atoms with Gasteiger partial charge in [-0.15, -0.1) is 0 Å². The number of H-pyrrole nitrogens is 1. The van der Waals surface area contributed by atoms with E-state index in [0.717, 1.165) is 43.6 Å². The first-order valence-corrected chi connectivity index (χ1v) is 11.4. The van der Waals surface area contributed by atoms with E-state index in [4.69, 9.17) is 15.1 Å². The number of aromatic amines is 1. The summed E-state index contributed by atoms with van der Waals surface area (Å²) in [6.07, 6.45) is 10.5. The predicted octanol–water partition coefficient (Wildman–Crippen LogP) is 3.70. The molecule has 166 valence electrons. The predicted molar refractivity (Wildman–Crippen MR) is 120 cm³/mol. The maximum Gasteiger partial charge on any atom is 0.143 e. The van der Waals surface area contributed by atoms with Crippen LogP contribution in [0.15, 0.2) is 18.3 Å². The van der Waals surface area contributed by atoms with Crippen molar-refractivity contribution in [2.24, 2.45) is 5.41 Å². The van der Waals surface area contributed by atoms with E-state index in [-0.39, 0.29) is 6.04 Å². The van der Waals surface area contributed by atoms with Gasteiger partial charge in [0, 0.05) is 24.4 Å². The summed E-state index contributed by atoms with van der Waals surface area (Å²) in [6.45, 7) is 4.19. The van der Waals surface area contributed by atoms with Crippen LogP contribution in [0.2, 0.25) is 0 Å². The highest BCUT2D eigenvalue weighted by molar-refractivity contribution is 5.89. The molecule has 8 heteroatoms. The average molecular weight is 425 g/mol. The second kappa shape index (κ2) is 7.91. The van der Waals surface area contributed by atoms with Gasteiger partial charge in [-0.3, -0.25) is 5.10 Å². The fraction of sp³-hybridized carbons (Fsp3) is 0.609. The van der Waals surface area contributed by atoms with Gasteiger partial charge < -0.3 is 25.5 Å². The molecular formula is C23H32N6O2. The molecular weight excluding hydrogens is 392 g/mol. The Hall–Kier alpha value is -2.45. The molecule has 3 fully saturated rings. The molecule has 2 aromatic heterocycles. The number of hydrogen-bond donors (Lipinski definition) is 4. The maximum atomic E-state index is 11.8. The molecule has 2 aliphatic carbocycles. The summed E-state index contributed by atoms with van der Waals surface area (Å²) in [7, 11) is 0. The van der Waals surface area contributed by atoms with Crippen molar-refractivity contribution in [1.82, 2.24) is 15.2 Å². The van der Waals surface area contributed by atoms with Gasteiger partial charge in [-0.05, 0) is 62.5 Å². The molecule has 1 unspecified atom stereocenters. The van der Waals surface area contributed by atoms with Crippen LogP contribution in [0.25, 0.3) is 0 Å². The van der Waals surface area contributed by atoms with Crippen molar-refractivity contribution in [3.8, 4) is 0 Å². The second-order valence-corrected chi connectivity index (χ2v) is 9.53. The first-order chi connectivity index (χ1) is 15.0. The third-order valence-electron chi connectivity index (χ3n) is 7.66. The van der Waals surface area contributed by atoms with Crippen molar-refractivity contribution in [2.45, 2.75) is 63.5 Å². The summed E-state index contributed by atoms with van der Waals surface area (Å²) >= 11 is 0. The minimum atomic E-state index is -0.939. The smallest absolute Gasteiger partial charge is 0.143 e. The fourth-order valence-corrected chi connectivity index (χ4v) is 5.48. The maximum absolute atomic E-state index is 11.8. The molecule has 31 heavy (non-hydrogen) atoms. The SMILES string of the molecule is CC1COCCN1c1cc(C2(O)CCC3(CCC3)CC2)c(C=N)c(Nc2ccn[nH]2)n1. The number of aromatic nitrogens is 3. The van der Waals surface area contributed by atoms with Gasteiger partial charge >= 0.3 is 0 Å². The summed E-state index contributed by atoms with van der Waals surface area (Å²) in [5.74, 6) is 2.09. The number of rotatable bonds is 5.